The van der Waals surface area contributed by atoms with E-state index >= 15 is 0 Å². The van der Waals surface area contributed by atoms with Crippen molar-refractivity contribution in [2.24, 2.45) is 0 Å². The zero-order valence-corrected chi connectivity index (χ0v) is 14.4. The van der Waals surface area contributed by atoms with Crippen molar-refractivity contribution in [3.05, 3.63) is 60.2 Å². The summed E-state index contributed by atoms with van der Waals surface area (Å²) in [5, 5.41) is 9.42. The van der Waals surface area contributed by atoms with Crippen LogP contribution in [0.15, 0.2) is 54.6 Å². The van der Waals surface area contributed by atoms with Gasteiger partial charge in [-0.2, -0.15) is 4.98 Å². The number of amides is 1. The van der Waals surface area contributed by atoms with Gasteiger partial charge in [-0.05, 0) is 48.0 Å². The van der Waals surface area contributed by atoms with Crippen molar-refractivity contribution < 1.29 is 14.3 Å². The Labute approximate surface area is 150 Å². The molecule has 7 heteroatoms. The maximum atomic E-state index is 12.0. The van der Waals surface area contributed by atoms with E-state index in [1.807, 2.05) is 48.5 Å². The predicted molar refractivity (Wildman–Crippen MR) is 99.0 cm³/mol. The number of hydrogen-bond acceptors (Lipinski definition) is 5. The molecule has 0 fully saturated rings. The van der Waals surface area contributed by atoms with Gasteiger partial charge >= 0.3 is 0 Å². The molecule has 0 aliphatic heterocycles. The molecule has 0 unspecified atom stereocenters. The molecular formula is C19H18N4O3. The number of carbonyl (C=O) groups excluding carboxylic acids is 1. The standard InChI is InChI=1S/C19H18N4O3/c1-25-15-9-7-14(8-10-15)18-21-19(23-22-18)20-17(24)11-6-13-4-3-5-16(12-13)26-2/h3-12H,1-2H3,(H2,20,21,22,23,24)/b11-6+. The number of nitrogens with zero attached hydrogens (tertiary/aromatic N) is 2. The van der Waals surface area contributed by atoms with Crippen molar-refractivity contribution in [2.45, 2.75) is 0 Å². The zero-order chi connectivity index (χ0) is 18.4. The van der Waals surface area contributed by atoms with Gasteiger partial charge in [-0.1, -0.05) is 12.1 Å². The fourth-order valence-corrected chi connectivity index (χ4v) is 2.26. The average Bonchev–Trinajstić information content (AvgIpc) is 3.15. The van der Waals surface area contributed by atoms with Crippen molar-refractivity contribution in [3.63, 3.8) is 0 Å². The molecule has 0 saturated carbocycles. The number of ether oxygens (including phenoxy) is 2. The first-order chi connectivity index (χ1) is 12.7. The van der Waals surface area contributed by atoms with Crippen LogP contribution in [0.5, 0.6) is 11.5 Å². The summed E-state index contributed by atoms with van der Waals surface area (Å²) < 4.78 is 10.3. The van der Waals surface area contributed by atoms with E-state index < -0.39 is 0 Å². The Hall–Kier alpha value is -3.61. The topological polar surface area (TPSA) is 89.1 Å². The van der Waals surface area contributed by atoms with Crippen LogP contribution in [0, 0.1) is 0 Å². The first kappa shape index (κ1) is 17.2. The molecule has 0 aliphatic rings. The molecule has 0 saturated heterocycles. The first-order valence-electron chi connectivity index (χ1n) is 7.88. The number of nitrogens with one attached hydrogen (secondary N) is 2. The first-order valence-corrected chi connectivity index (χ1v) is 7.88. The number of benzene rings is 2. The summed E-state index contributed by atoms with van der Waals surface area (Å²) in [5.74, 6) is 1.92. The molecule has 1 amide bonds. The van der Waals surface area contributed by atoms with Crippen LogP contribution < -0.4 is 14.8 Å². The van der Waals surface area contributed by atoms with E-state index in [-0.39, 0.29) is 11.9 Å². The summed E-state index contributed by atoms with van der Waals surface area (Å²) in [6.45, 7) is 0. The third-order valence-electron chi connectivity index (χ3n) is 3.60. The molecule has 26 heavy (non-hydrogen) atoms. The van der Waals surface area contributed by atoms with Crippen LogP contribution in [0.2, 0.25) is 0 Å². The van der Waals surface area contributed by atoms with Crippen LogP contribution in [-0.4, -0.2) is 35.3 Å². The third-order valence-corrected chi connectivity index (χ3v) is 3.60. The van der Waals surface area contributed by atoms with E-state index in [0.29, 0.717) is 5.82 Å². The number of hydrogen-bond donors (Lipinski definition) is 2. The van der Waals surface area contributed by atoms with E-state index in [4.69, 9.17) is 9.47 Å². The number of carbonyl (C=O) groups is 1. The lowest BCUT2D eigenvalue weighted by atomic mass is 10.2. The summed E-state index contributed by atoms with van der Waals surface area (Å²) in [7, 11) is 3.20. The molecule has 0 bridgehead atoms. The van der Waals surface area contributed by atoms with Crippen LogP contribution >= 0.6 is 0 Å². The highest BCUT2D eigenvalue weighted by Crippen LogP contribution is 2.19. The lowest BCUT2D eigenvalue weighted by Gasteiger charge is -2.00. The Morgan fingerprint density at radius 1 is 1.08 bits per heavy atom. The summed E-state index contributed by atoms with van der Waals surface area (Å²) in [4.78, 5) is 16.3. The average molecular weight is 350 g/mol. The van der Waals surface area contributed by atoms with E-state index in [0.717, 1.165) is 22.6 Å². The van der Waals surface area contributed by atoms with Gasteiger partial charge in [-0.15, -0.1) is 5.10 Å². The molecule has 2 aromatic carbocycles. The molecule has 0 aliphatic carbocycles. The molecule has 2 N–H and O–H groups in total. The van der Waals surface area contributed by atoms with Crippen molar-refractivity contribution in [2.75, 3.05) is 19.5 Å². The van der Waals surface area contributed by atoms with Crippen LogP contribution in [0.25, 0.3) is 17.5 Å². The van der Waals surface area contributed by atoms with Gasteiger partial charge in [0.1, 0.15) is 11.5 Å². The summed E-state index contributed by atoms with van der Waals surface area (Å²) in [6.07, 6.45) is 3.10. The molecule has 1 heterocycles. The summed E-state index contributed by atoms with van der Waals surface area (Å²) in [5.41, 5.74) is 1.69. The summed E-state index contributed by atoms with van der Waals surface area (Å²) >= 11 is 0. The van der Waals surface area contributed by atoms with Crippen molar-refractivity contribution in [1.29, 1.82) is 0 Å². The highest BCUT2D eigenvalue weighted by molar-refractivity contribution is 6.01. The SMILES string of the molecule is COc1ccc(-c2nc(NC(=O)/C=C/c3cccc(OC)c3)n[nH]2)cc1. The molecule has 3 aromatic rings. The Bertz CT molecular complexity index is 917. The quantitative estimate of drug-likeness (QED) is 0.667. The normalized spacial score (nSPS) is 10.7. The highest BCUT2D eigenvalue weighted by Gasteiger charge is 2.07. The number of anilines is 1. The zero-order valence-electron chi connectivity index (χ0n) is 14.4. The molecule has 1 aromatic heterocycles. The second-order valence-electron chi connectivity index (χ2n) is 5.34. The van der Waals surface area contributed by atoms with Crippen molar-refractivity contribution in [1.82, 2.24) is 15.2 Å². The predicted octanol–water partition coefficient (Wildman–Crippen LogP) is 3.14. The third kappa shape index (κ3) is 4.27. The lowest BCUT2D eigenvalue weighted by Crippen LogP contribution is -2.09. The second kappa shape index (κ2) is 7.98. The second-order valence-corrected chi connectivity index (χ2v) is 5.34. The maximum absolute atomic E-state index is 12.0. The van der Waals surface area contributed by atoms with Gasteiger partial charge in [-0.25, -0.2) is 0 Å². The van der Waals surface area contributed by atoms with Gasteiger partial charge < -0.3 is 9.47 Å². The van der Waals surface area contributed by atoms with Gasteiger partial charge in [-0.3, -0.25) is 15.2 Å². The monoisotopic (exact) mass is 350 g/mol. The smallest absolute Gasteiger partial charge is 0.250 e. The van der Waals surface area contributed by atoms with E-state index in [1.165, 1.54) is 6.08 Å². The van der Waals surface area contributed by atoms with Gasteiger partial charge in [0, 0.05) is 11.6 Å². The van der Waals surface area contributed by atoms with Crippen molar-refractivity contribution >= 4 is 17.9 Å². The van der Waals surface area contributed by atoms with Gasteiger partial charge in [0.15, 0.2) is 5.82 Å². The minimum atomic E-state index is -0.326. The van der Waals surface area contributed by atoms with Crippen LogP contribution in [-0.2, 0) is 4.79 Å². The minimum absolute atomic E-state index is 0.205. The fraction of sp³-hybridized carbons (Fsp3) is 0.105. The van der Waals surface area contributed by atoms with Crippen molar-refractivity contribution in [3.8, 4) is 22.9 Å². The van der Waals surface area contributed by atoms with Gasteiger partial charge in [0.2, 0.25) is 5.95 Å². The fourth-order valence-electron chi connectivity index (χ4n) is 2.26. The molecule has 132 valence electrons. The number of rotatable bonds is 6. The molecule has 3 rings (SSSR count). The largest absolute Gasteiger partial charge is 0.497 e. The molecule has 0 radical (unpaired) electrons. The number of aromatic amines is 1. The Balaban J connectivity index is 1.64. The van der Waals surface area contributed by atoms with E-state index in [1.54, 1.807) is 20.3 Å². The maximum Gasteiger partial charge on any atom is 0.250 e. The molecule has 0 atom stereocenters. The van der Waals surface area contributed by atoms with Gasteiger partial charge in [0.05, 0.1) is 14.2 Å². The highest BCUT2D eigenvalue weighted by atomic mass is 16.5. The molecular weight excluding hydrogens is 332 g/mol. The summed E-state index contributed by atoms with van der Waals surface area (Å²) in [6, 6.07) is 14.8. The van der Waals surface area contributed by atoms with Crippen LogP contribution in [0.3, 0.4) is 0 Å². The lowest BCUT2D eigenvalue weighted by molar-refractivity contribution is -0.111. The Morgan fingerprint density at radius 2 is 1.85 bits per heavy atom. The molecule has 7 nitrogen and oxygen atoms in total. The number of methoxy groups -OCH3 is 2. The number of aromatic nitrogens is 3. The van der Waals surface area contributed by atoms with Gasteiger partial charge in [0.25, 0.3) is 5.91 Å². The Morgan fingerprint density at radius 3 is 2.58 bits per heavy atom. The number of H-pyrrole nitrogens is 1. The van der Waals surface area contributed by atoms with Crippen LogP contribution in [0.1, 0.15) is 5.56 Å². The van der Waals surface area contributed by atoms with Crippen LogP contribution in [0.4, 0.5) is 5.95 Å². The van der Waals surface area contributed by atoms with E-state index in [9.17, 15) is 4.79 Å². The Kier molecular flexibility index (Phi) is 5.28. The van der Waals surface area contributed by atoms with E-state index in [2.05, 4.69) is 20.5 Å². The minimum Gasteiger partial charge on any atom is -0.497 e. The molecule has 0 spiro atoms.